The standard InChI is InChI=1S/C27H34ClN5O10S2/c1-3-32(10-9-25(34)42-4-2)27(37)33-15-17(12-20(33)26(35)36)43-21-8-6-5-7-16(21)11-24-30-19-13-18(28)22(44(29,38)39)14-23(19)45(40,41)31-24/h5-8,13-14,17,20,24,30-31H,3-4,9-12,15H2,1-2H3,(H,35,36)(H2,29,38,39)/t17-,20-,24?/m0/s1. The fourth-order valence-electron chi connectivity index (χ4n) is 5.19. The molecule has 2 aliphatic rings. The number of hydrogen-bond donors (Lipinski definition) is 4. The van der Waals surface area contributed by atoms with Crippen LogP contribution in [0.3, 0.4) is 0 Å². The molecule has 2 heterocycles. The molecule has 2 amide bonds. The quantitative estimate of drug-likeness (QED) is 0.249. The number of carbonyl (C=O) groups excluding carboxylic acids is 2. The minimum Gasteiger partial charge on any atom is -0.488 e. The van der Waals surface area contributed by atoms with Gasteiger partial charge in [-0.25, -0.2) is 31.6 Å². The van der Waals surface area contributed by atoms with Crippen LogP contribution < -0.4 is 19.9 Å². The molecule has 1 fully saturated rings. The number of halogens is 1. The van der Waals surface area contributed by atoms with Gasteiger partial charge in [-0.1, -0.05) is 29.8 Å². The Hall–Kier alpha value is -3.64. The Morgan fingerprint density at radius 3 is 2.56 bits per heavy atom. The molecule has 15 nitrogen and oxygen atoms in total. The molecule has 246 valence electrons. The Kier molecular flexibility index (Phi) is 10.5. The van der Waals surface area contributed by atoms with Crippen LogP contribution in [0.25, 0.3) is 0 Å². The summed E-state index contributed by atoms with van der Waals surface area (Å²) in [5.74, 6) is -1.31. The van der Waals surface area contributed by atoms with E-state index >= 15 is 0 Å². The van der Waals surface area contributed by atoms with Crippen molar-refractivity contribution in [3.8, 4) is 5.75 Å². The number of carboxylic acid groups (broad SMARTS) is 1. The summed E-state index contributed by atoms with van der Waals surface area (Å²) in [6, 6.07) is 7.12. The second kappa shape index (κ2) is 13.8. The van der Waals surface area contributed by atoms with Crippen molar-refractivity contribution in [3.05, 3.63) is 47.0 Å². The van der Waals surface area contributed by atoms with Gasteiger partial charge in [-0.2, -0.15) is 4.72 Å². The van der Waals surface area contributed by atoms with Crippen LogP contribution in [-0.2, 0) is 40.8 Å². The number of aliphatic carboxylic acids is 1. The molecule has 0 bridgehead atoms. The minimum atomic E-state index is -4.28. The zero-order valence-corrected chi connectivity index (χ0v) is 26.8. The largest absolute Gasteiger partial charge is 0.488 e. The molecule has 45 heavy (non-hydrogen) atoms. The average molecular weight is 688 g/mol. The van der Waals surface area contributed by atoms with E-state index in [-0.39, 0.29) is 61.1 Å². The molecule has 4 rings (SSSR count). The molecule has 0 aliphatic carbocycles. The monoisotopic (exact) mass is 687 g/mol. The first-order valence-electron chi connectivity index (χ1n) is 14.0. The Morgan fingerprint density at radius 1 is 1.20 bits per heavy atom. The van der Waals surface area contributed by atoms with E-state index < -0.39 is 61.2 Å². The fraction of sp³-hybridized carbons (Fsp3) is 0.444. The van der Waals surface area contributed by atoms with Crippen molar-refractivity contribution in [2.24, 2.45) is 5.14 Å². The highest BCUT2D eigenvalue weighted by Gasteiger charge is 2.42. The first-order valence-corrected chi connectivity index (χ1v) is 17.4. The molecule has 2 aromatic carbocycles. The van der Waals surface area contributed by atoms with Crippen molar-refractivity contribution in [1.29, 1.82) is 0 Å². The van der Waals surface area contributed by atoms with Gasteiger partial charge in [0, 0.05) is 25.9 Å². The summed E-state index contributed by atoms with van der Waals surface area (Å²) in [7, 11) is -8.46. The lowest BCUT2D eigenvalue weighted by molar-refractivity contribution is -0.144. The van der Waals surface area contributed by atoms with Crippen molar-refractivity contribution in [2.45, 2.75) is 61.2 Å². The number of para-hydroxylation sites is 1. The van der Waals surface area contributed by atoms with Gasteiger partial charge in [0.15, 0.2) is 0 Å². The Labute approximate surface area is 265 Å². The number of likely N-dealkylation sites (tertiary alicyclic amines) is 1. The van der Waals surface area contributed by atoms with Gasteiger partial charge in [0.25, 0.3) is 0 Å². The molecule has 0 aromatic heterocycles. The van der Waals surface area contributed by atoms with Crippen molar-refractivity contribution in [1.82, 2.24) is 14.5 Å². The Bertz CT molecular complexity index is 1690. The first kappa shape index (κ1) is 34.2. The number of nitrogens with zero attached hydrogens (tertiary/aromatic N) is 2. The average Bonchev–Trinajstić information content (AvgIpc) is 3.37. The summed E-state index contributed by atoms with van der Waals surface area (Å²) >= 11 is 6.08. The highest BCUT2D eigenvalue weighted by Crippen LogP contribution is 2.35. The summed E-state index contributed by atoms with van der Waals surface area (Å²) < 4.78 is 63.3. The second-order valence-corrected chi connectivity index (χ2v) is 14.0. The molecule has 2 aromatic rings. The van der Waals surface area contributed by atoms with Gasteiger partial charge in [0.2, 0.25) is 20.0 Å². The molecule has 18 heteroatoms. The van der Waals surface area contributed by atoms with Crippen LogP contribution in [0.5, 0.6) is 5.75 Å². The number of rotatable bonds is 11. The molecule has 5 N–H and O–H groups in total. The molecule has 2 aliphatic heterocycles. The number of fused-ring (bicyclic) bond motifs is 1. The highest BCUT2D eigenvalue weighted by atomic mass is 35.5. The number of benzene rings is 2. The third kappa shape index (κ3) is 7.96. The zero-order valence-electron chi connectivity index (χ0n) is 24.4. The molecule has 1 saturated heterocycles. The van der Waals surface area contributed by atoms with Gasteiger partial charge in [-0.15, -0.1) is 0 Å². The van der Waals surface area contributed by atoms with Crippen LogP contribution >= 0.6 is 11.6 Å². The number of amides is 2. The van der Waals surface area contributed by atoms with E-state index in [0.29, 0.717) is 11.3 Å². The van der Waals surface area contributed by atoms with E-state index in [4.69, 9.17) is 26.2 Å². The molecular formula is C27H34ClN5O10S2. The van der Waals surface area contributed by atoms with Crippen molar-refractivity contribution in [3.63, 3.8) is 0 Å². The van der Waals surface area contributed by atoms with Gasteiger partial charge in [-0.3, -0.25) is 4.79 Å². The smallest absolute Gasteiger partial charge is 0.326 e. The topological polar surface area (TPSA) is 215 Å². The zero-order chi connectivity index (χ0) is 33.1. The van der Waals surface area contributed by atoms with E-state index in [1.165, 1.54) is 15.9 Å². The molecule has 0 saturated carbocycles. The summed E-state index contributed by atoms with van der Waals surface area (Å²) in [6.45, 7) is 3.88. The van der Waals surface area contributed by atoms with Crippen LogP contribution in [-0.4, -0.2) is 94.3 Å². The third-order valence-corrected chi connectivity index (χ3v) is 10.2. The number of hydrogen-bond acceptors (Lipinski definition) is 10. The lowest BCUT2D eigenvalue weighted by Crippen LogP contribution is -2.48. The number of primary sulfonamides is 1. The van der Waals surface area contributed by atoms with Gasteiger partial charge >= 0.3 is 18.0 Å². The maximum absolute atomic E-state index is 13.3. The summed E-state index contributed by atoms with van der Waals surface area (Å²) in [6.07, 6.45) is -1.56. The third-order valence-electron chi connectivity index (χ3n) is 7.28. The van der Waals surface area contributed by atoms with Crippen molar-refractivity contribution < 1.29 is 45.8 Å². The van der Waals surface area contributed by atoms with Gasteiger partial charge in [0.1, 0.15) is 27.7 Å². The number of ether oxygens (including phenoxy) is 2. The number of carbonyl (C=O) groups is 3. The van der Waals surface area contributed by atoms with Crippen molar-refractivity contribution >= 4 is 55.3 Å². The van der Waals surface area contributed by atoms with Crippen molar-refractivity contribution in [2.75, 3.05) is 31.6 Å². The second-order valence-electron chi connectivity index (χ2n) is 10.4. The number of esters is 1. The van der Waals surface area contributed by atoms with Crippen LogP contribution in [0, 0.1) is 0 Å². The van der Waals surface area contributed by atoms with E-state index in [2.05, 4.69) is 10.0 Å². The predicted octanol–water partition coefficient (Wildman–Crippen LogP) is 1.56. The van der Waals surface area contributed by atoms with Gasteiger partial charge in [-0.05, 0) is 37.6 Å². The summed E-state index contributed by atoms with van der Waals surface area (Å²) in [5.41, 5.74) is 0.641. The van der Waals surface area contributed by atoms with Crippen LogP contribution in [0.15, 0.2) is 46.2 Å². The molecule has 3 atom stereocenters. The lowest BCUT2D eigenvalue weighted by atomic mass is 10.1. The highest BCUT2D eigenvalue weighted by molar-refractivity contribution is 7.90. The van der Waals surface area contributed by atoms with Gasteiger partial charge in [0.05, 0.1) is 36.4 Å². The molecule has 0 spiro atoms. The summed E-state index contributed by atoms with van der Waals surface area (Å²) in [4.78, 5) is 38.9. The SMILES string of the molecule is CCOC(=O)CCN(CC)C(=O)N1C[C@@H](Oc2ccccc2CC2Nc3cc(Cl)c(S(N)(=O)=O)cc3S(=O)(=O)N2)C[C@H]1C(=O)O. The molecule has 1 unspecified atom stereocenters. The number of nitrogens with two attached hydrogens (primary N) is 1. The normalized spacial score (nSPS) is 20.5. The lowest BCUT2D eigenvalue weighted by Gasteiger charge is -2.29. The fourth-order valence-corrected chi connectivity index (χ4v) is 7.69. The number of urea groups is 1. The van der Waals surface area contributed by atoms with Crippen LogP contribution in [0.1, 0.15) is 32.3 Å². The maximum Gasteiger partial charge on any atom is 0.326 e. The number of anilines is 1. The summed E-state index contributed by atoms with van der Waals surface area (Å²) in [5, 5.41) is 17.8. The Balaban J connectivity index is 1.50. The molecule has 0 radical (unpaired) electrons. The van der Waals surface area contributed by atoms with Crippen LogP contribution in [0.2, 0.25) is 5.02 Å². The van der Waals surface area contributed by atoms with Gasteiger partial charge < -0.3 is 29.7 Å². The number of nitrogens with one attached hydrogen (secondary N) is 2. The van der Waals surface area contributed by atoms with E-state index in [1.807, 2.05) is 0 Å². The maximum atomic E-state index is 13.3. The predicted molar refractivity (Wildman–Crippen MR) is 162 cm³/mol. The first-order chi connectivity index (χ1) is 21.1. The van der Waals surface area contributed by atoms with E-state index in [1.54, 1.807) is 38.1 Å². The minimum absolute atomic E-state index is 0.00257. The van der Waals surface area contributed by atoms with E-state index in [0.717, 1.165) is 6.07 Å². The molecular weight excluding hydrogens is 654 g/mol. The number of sulfonamides is 2. The Morgan fingerprint density at radius 2 is 1.91 bits per heavy atom. The van der Waals surface area contributed by atoms with E-state index in [9.17, 15) is 36.3 Å². The van der Waals surface area contributed by atoms with Crippen LogP contribution in [0.4, 0.5) is 10.5 Å². The number of carboxylic acids is 1.